The van der Waals surface area contributed by atoms with Crippen LogP contribution in [-0.4, -0.2) is 52.9 Å². The molecular weight excluding hydrogens is 388 g/mol. The van der Waals surface area contributed by atoms with Crippen LogP contribution in [0.15, 0.2) is 53.5 Å². The summed E-state index contributed by atoms with van der Waals surface area (Å²) in [5.74, 6) is -0.837. The average Bonchev–Trinajstić information content (AvgIpc) is 3.10. The first kappa shape index (κ1) is 19.9. The number of cyclic esters (lactones) is 2. The third-order valence-corrected chi connectivity index (χ3v) is 4.99. The van der Waals surface area contributed by atoms with Gasteiger partial charge in [-0.3, -0.25) is 4.99 Å². The topological polar surface area (TPSA) is 99.4 Å². The van der Waals surface area contributed by atoms with E-state index in [1.54, 1.807) is 0 Å². The highest BCUT2D eigenvalue weighted by Crippen LogP contribution is 2.27. The summed E-state index contributed by atoms with van der Waals surface area (Å²) < 4.78 is 17.7. The summed E-state index contributed by atoms with van der Waals surface area (Å²) in [5.41, 5.74) is 4.40. The van der Waals surface area contributed by atoms with Crippen molar-refractivity contribution in [1.82, 2.24) is 4.57 Å². The second-order valence-corrected chi connectivity index (χ2v) is 7.03. The minimum atomic E-state index is -1.35. The number of rotatable bonds is 6. The molecule has 0 bridgehead atoms. The van der Waals surface area contributed by atoms with E-state index in [4.69, 9.17) is 14.2 Å². The average molecular weight is 410 g/mol. The van der Waals surface area contributed by atoms with E-state index in [1.165, 1.54) is 0 Å². The van der Waals surface area contributed by atoms with E-state index in [1.807, 2.05) is 31.2 Å². The number of esters is 2. The molecule has 1 unspecified atom stereocenters. The maximum Gasteiger partial charge on any atom is 0.334 e. The van der Waals surface area contributed by atoms with Crippen molar-refractivity contribution in [3.8, 4) is 17.0 Å². The van der Waals surface area contributed by atoms with Crippen LogP contribution in [0.25, 0.3) is 11.3 Å². The van der Waals surface area contributed by atoms with Crippen LogP contribution in [-0.2, 0) is 25.6 Å². The predicted molar refractivity (Wildman–Crippen MR) is 108 cm³/mol. The van der Waals surface area contributed by atoms with E-state index in [0.717, 1.165) is 47.9 Å². The van der Waals surface area contributed by atoms with Crippen LogP contribution in [0.1, 0.15) is 19.0 Å². The Labute approximate surface area is 173 Å². The molecule has 0 saturated carbocycles. The number of nitrogens with zero attached hydrogens (tertiary/aromatic N) is 2. The summed E-state index contributed by atoms with van der Waals surface area (Å²) in [6.07, 6.45) is -0.488. The highest BCUT2D eigenvalue weighted by Gasteiger charge is 2.28. The molecule has 1 aromatic carbocycles. The lowest BCUT2D eigenvalue weighted by Gasteiger charge is -2.20. The van der Waals surface area contributed by atoms with E-state index < -0.39 is 24.3 Å². The van der Waals surface area contributed by atoms with E-state index >= 15 is 0 Å². The Morgan fingerprint density at radius 1 is 1.10 bits per heavy atom. The number of aliphatic imine (C=N–C) groups is 1. The molecule has 0 amide bonds. The summed E-state index contributed by atoms with van der Waals surface area (Å²) in [6, 6.07) is 11.9. The number of aliphatic hydroxyl groups excluding tert-OH is 1. The Morgan fingerprint density at radius 3 is 2.47 bits per heavy atom. The molecule has 0 radical (unpaired) electrons. The monoisotopic (exact) mass is 410 g/mol. The molecule has 3 heterocycles. The number of ether oxygens (including phenoxy) is 3. The van der Waals surface area contributed by atoms with Gasteiger partial charge in [0.25, 0.3) is 6.29 Å². The fraction of sp³-hybridized carbons (Fsp3) is 0.318. The molecule has 2 aliphatic rings. The van der Waals surface area contributed by atoms with Gasteiger partial charge in [0, 0.05) is 30.8 Å². The third-order valence-electron chi connectivity index (χ3n) is 4.99. The third kappa shape index (κ3) is 4.28. The lowest BCUT2D eigenvalue weighted by Crippen LogP contribution is -2.34. The number of aliphatic hydroxyl groups is 1. The normalized spacial score (nSPS) is 17.5. The van der Waals surface area contributed by atoms with Gasteiger partial charge in [-0.05, 0) is 48.9 Å². The molecule has 8 heteroatoms. The Bertz CT molecular complexity index is 985. The van der Waals surface area contributed by atoms with Crippen LogP contribution in [0.5, 0.6) is 5.75 Å². The van der Waals surface area contributed by atoms with Gasteiger partial charge in [-0.25, -0.2) is 9.59 Å². The van der Waals surface area contributed by atoms with Crippen molar-refractivity contribution in [3.63, 3.8) is 0 Å². The Balaban J connectivity index is 1.33. The van der Waals surface area contributed by atoms with Crippen molar-refractivity contribution in [2.24, 2.45) is 4.99 Å². The number of hydrogen-bond donors (Lipinski definition) is 1. The molecule has 156 valence electrons. The maximum atomic E-state index is 11.4. The zero-order chi connectivity index (χ0) is 21.1. The fourth-order valence-electron chi connectivity index (χ4n) is 3.46. The molecule has 2 aliphatic heterocycles. The van der Waals surface area contributed by atoms with Crippen LogP contribution >= 0.6 is 0 Å². The Hall–Kier alpha value is -3.39. The minimum absolute atomic E-state index is 0.123. The number of aromatic nitrogens is 1. The van der Waals surface area contributed by atoms with Crippen molar-refractivity contribution in [2.75, 3.05) is 13.2 Å². The number of carbonyl (C=O) groups excluding carboxylic acids is 2. The van der Waals surface area contributed by atoms with Gasteiger partial charge in [-0.15, -0.1) is 0 Å². The second-order valence-electron chi connectivity index (χ2n) is 7.03. The summed E-state index contributed by atoms with van der Waals surface area (Å²) >= 11 is 0. The Morgan fingerprint density at radius 2 is 1.77 bits per heavy atom. The van der Waals surface area contributed by atoms with Gasteiger partial charge >= 0.3 is 11.9 Å². The van der Waals surface area contributed by atoms with E-state index in [2.05, 4.69) is 21.7 Å². The lowest BCUT2D eigenvalue weighted by molar-refractivity contribution is -0.199. The van der Waals surface area contributed by atoms with Gasteiger partial charge in [0.05, 0.1) is 24.6 Å². The van der Waals surface area contributed by atoms with E-state index in [-0.39, 0.29) is 13.0 Å². The highest BCUT2D eigenvalue weighted by molar-refractivity contribution is 5.98. The first-order valence-electron chi connectivity index (χ1n) is 9.73. The summed E-state index contributed by atoms with van der Waals surface area (Å²) in [7, 11) is 0. The number of fused-ring (bicyclic) bond motifs is 1. The highest BCUT2D eigenvalue weighted by atomic mass is 16.7. The van der Waals surface area contributed by atoms with Crippen molar-refractivity contribution in [2.45, 2.75) is 32.3 Å². The van der Waals surface area contributed by atoms with Crippen LogP contribution in [0, 0.1) is 0 Å². The SMILES string of the molecule is CC1=NCCn2c1ccc2-c1ccc(OCCC(O)C2OC(=O)C=CC(=O)O2)cc1. The number of carbonyl (C=O) groups is 2. The molecule has 0 spiro atoms. The van der Waals surface area contributed by atoms with Crippen molar-refractivity contribution < 1.29 is 28.9 Å². The first-order chi connectivity index (χ1) is 14.5. The molecule has 0 aliphatic carbocycles. The lowest BCUT2D eigenvalue weighted by atomic mass is 10.1. The molecule has 1 N–H and O–H groups in total. The fourth-order valence-corrected chi connectivity index (χ4v) is 3.46. The molecule has 30 heavy (non-hydrogen) atoms. The van der Waals surface area contributed by atoms with Crippen molar-refractivity contribution in [1.29, 1.82) is 0 Å². The van der Waals surface area contributed by atoms with Gasteiger partial charge < -0.3 is 23.9 Å². The van der Waals surface area contributed by atoms with Crippen LogP contribution in [0.3, 0.4) is 0 Å². The number of hydrogen-bond acceptors (Lipinski definition) is 7. The molecule has 0 fully saturated rings. The quantitative estimate of drug-likeness (QED) is 0.732. The van der Waals surface area contributed by atoms with Gasteiger partial charge in [0.1, 0.15) is 11.9 Å². The Kier molecular flexibility index (Phi) is 5.67. The minimum Gasteiger partial charge on any atom is -0.493 e. The second kappa shape index (κ2) is 8.54. The smallest absolute Gasteiger partial charge is 0.334 e. The summed E-state index contributed by atoms with van der Waals surface area (Å²) in [4.78, 5) is 27.3. The summed E-state index contributed by atoms with van der Waals surface area (Å²) in [6.45, 7) is 3.83. The molecule has 2 aromatic rings. The van der Waals surface area contributed by atoms with Gasteiger partial charge in [-0.1, -0.05) is 0 Å². The molecule has 1 atom stereocenters. The molecule has 0 saturated heterocycles. The summed E-state index contributed by atoms with van der Waals surface area (Å²) in [5, 5.41) is 10.1. The molecular formula is C22H22N2O6. The largest absolute Gasteiger partial charge is 0.493 e. The van der Waals surface area contributed by atoms with Gasteiger partial charge in [0.2, 0.25) is 0 Å². The van der Waals surface area contributed by atoms with Crippen LogP contribution in [0.2, 0.25) is 0 Å². The molecule has 1 aromatic heterocycles. The van der Waals surface area contributed by atoms with Crippen LogP contribution in [0.4, 0.5) is 0 Å². The van der Waals surface area contributed by atoms with Crippen molar-refractivity contribution >= 4 is 17.7 Å². The van der Waals surface area contributed by atoms with E-state index in [9.17, 15) is 14.7 Å². The van der Waals surface area contributed by atoms with Crippen molar-refractivity contribution in [3.05, 3.63) is 54.2 Å². The molecule has 4 rings (SSSR count). The predicted octanol–water partition coefficient (Wildman–Crippen LogP) is 2.09. The van der Waals surface area contributed by atoms with Gasteiger partial charge in [0.15, 0.2) is 0 Å². The zero-order valence-corrected chi connectivity index (χ0v) is 16.5. The van der Waals surface area contributed by atoms with Crippen LogP contribution < -0.4 is 4.74 Å². The first-order valence-corrected chi connectivity index (χ1v) is 9.73. The maximum absolute atomic E-state index is 11.4. The molecule has 8 nitrogen and oxygen atoms in total. The van der Waals surface area contributed by atoms with Gasteiger partial charge in [-0.2, -0.15) is 0 Å². The standard InChI is InChI=1S/C22H22N2O6/c1-14-17-6-7-18(24(17)12-11-23-14)15-2-4-16(5-3-15)28-13-10-19(25)22-29-20(26)8-9-21(27)30-22/h2-9,19,22,25H,10-13H2,1H3. The van der Waals surface area contributed by atoms with E-state index in [0.29, 0.717) is 5.75 Å². The number of benzene rings is 1. The zero-order valence-electron chi connectivity index (χ0n) is 16.5.